The fraction of sp³-hybridized carbons (Fsp3) is 1.00. The third-order valence-corrected chi connectivity index (χ3v) is 9.24. The van der Waals surface area contributed by atoms with E-state index in [1.165, 1.54) is 0 Å². The van der Waals surface area contributed by atoms with Crippen LogP contribution in [-0.4, -0.2) is 22.8 Å². The molecule has 0 aliphatic rings. The molecule has 3 nitrogen and oxygen atoms in total. The van der Waals surface area contributed by atoms with E-state index < -0.39 is 33.4 Å². The Bertz CT molecular complexity index is 282. The summed E-state index contributed by atoms with van der Waals surface area (Å²) >= 11 is 0. The van der Waals surface area contributed by atoms with Crippen LogP contribution in [0.25, 0.3) is 0 Å². The molecule has 104 valence electrons. The Morgan fingerprint density at radius 1 is 1.24 bits per heavy atom. The molecule has 17 heavy (non-hydrogen) atoms. The fourth-order valence-corrected chi connectivity index (χ4v) is 8.39. The molecule has 0 fully saturated rings. The van der Waals surface area contributed by atoms with Crippen LogP contribution in [-0.2, 0) is 13.0 Å². The molecule has 0 radical (unpaired) electrons. The molecule has 0 aliphatic heterocycles. The molecule has 11 heteroatoms. The van der Waals surface area contributed by atoms with Gasteiger partial charge >= 0.3 is 102 Å². The zero-order valence-corrected chi connectivity index (χ0v) is 13.8. The molecule has 0 rings (SSSR count). The summed E-state index contributed by atoms with van der Waals surface area (Å²) in [5.74, 6) is -0.333. The second kappa shape index (κ2) is 5.80. The summed E-state index contributed by atoms with van der Waals surface area (Å²) in [5, 5.41) is 0. The maximum atomic E-state index is 12.2. The molecule has 0 spiro atoms. The third kappa shape index (κ3) is 11.6. The number of hydrogen-bond donors (Lipinski definition) is 0. The SMILES string of the molecule is CC[Si](=O)CP(O[Si](C)(C)C)OP(F)(F)(F)F. The Hall–Kier alpha value is 0.734. The van der Waals surface area contributed by atoms with Crippen LogP contribution < -0.4 is 0 Å². The van der Waals surface area contributed by atoms with E-state index in [-0.39, 0.29) is 11.8 Å². The Morgan fingerprint density at radius 3 is 2.00 bits per heavy atom. The normalized spacial score (nSPS) is 17.3. The predicted molar refractivity (Wildman–Crippen MR) is 65.6 cm³/mol. The van der Waals surface area contributed by atoms with Gasteiger partial charge in [-0.15, -0.1) is 0 Å². The van der Waals surface area contributed by atoms with Crippen molar-refractivity contribution in [1.29, 1.82) is 0 Å². The first-order valence-electron chi connectivity index (χ1n) is 4.86. The second-order valence-corrected chi connectivity index (χ2v) is 15.0. The quantitative estimate of drug-likeness (QED) is 0.368. The van der Waals surface area contributed by atoms with Gasteiger partial charge in [0.1, 0.15) is 0 Å². The van der Waals surface area contributed by atoms with Gasteiger partial charge in [0.05, 0.1) is 0 Å². The van der Waals surface area contributed by atoms with Crippen molar-refractivity contribution < 1.29 is 29.8 Å². The van der Waals surface area contributed by atoms with Crippen LogP contribution in [0.4, 0.5) is 16.8 Å². The van der Waals surface area contributed by atoms with Crippen molar-refractivity contribution in [3.63, 3.8) is 0 Å². The molecule has 0 N–H and O–H groups in total. The first kappa shape index (κ1) is 17.7. The molecule has 1 unspecified atom stereocenters. The summed E-state index contributed by atoms with van der Waals surface area (Å²) in [6, 6.07) is 0.259. The minimum atomic E-state index is -8.06. The van der Waals surface area contributed by atoms with E-state index in [2.05, 4.69) is 4.31 Å². The summed E-state index contributed by atoms with van der Waals surface area (Å²) in [5.41, 5.74) is 0. The van der Waals surface area contributed by atoms with Crippen LogP contribution in [0.5, 0.6) is 0 Å². The van der Waals surface area contributed by atoms with Crippen LogP contribution in [0.1, 0.15) is 6.92 Å². The first-order valence-corrected chi connectivity index (χ1v) is 13.2. The fourth-order valence-electron chi connectivity index (χ4n) is 0.777. The molecule has 0 aliphatic carbocycles. The van der Waals surface area contributed by atoms with Crippen LogP contribution in [0.2, 0.25) is 25.7 Å². The van der Waals surface area contributed by atoms with Gasteiger partial charge in [0, 0.05) is 0 Å². The van der Waals surface area contributed by atoms with Gasteiger partial charge in [0.25, 0.3) is 0 Å². The van der Waals surface area contributed by atoms with E-state index >= 15 is 0 Å². The molecule has 0 amide bonds. The van der Waals surface area contributed by atoms with Crippen molar-refractivity contribution in [2.45, 2.75) is 32.6 Å². The number of halogens is 4. The molecule has 0 bridgehead atoms. The topological polar surface area (TPSA) is 35.5 Å². The van der Waals surface area contributed by atoms with E-state index in [1.54, 1.807) is 26.6 Å². The average Bonchev–Trinajstić information content (AvgIpc) is 1.95. The molecule has 0 aromatic carbocycles. The number of rotatable bonds is 7. The summed E-state index contributed by atoms with van der Waals surface area (Å²) in [6.07, 6.45) is 0. The minimum absolute atomic E-state index is 0.259. The summed E-state index contributed by atoms with van der Waals surface area (Å²) < 4.78 is 68.9. The van der Waals surface area contributed by atoms with E-state index in [1.807, 2.05) is 0 Å². The monoisotopic (exact) mass is 330 g/mol. The zero-order valence-electron chi connectivity index (χ0n) is 10.0. The molecule has 0 heterocycles. The van der Waals surface area contributed by atoms with Crippen molar-refractivity contribution in [3.05, 3.63) is 0 Å². The Kier molecular flexibility index (Phi) is 6.05. The molecular weight excluding hydrogens is 314 g/mol. The van der Waals surface area contributed by atoms with E-state index in [0.717, 1.165) is 0 Å². The van der Waals surface area contributed by atoms with Crippen molar-refractivity contribution in [2.75, 3.05) is 5.79 Å². The zero-order chi connectivity index (χ0) is 13.9. The van der Waals surface area contributed by atoms with Crippen LogP contribution in [0, 0.1) is 0 Å². The first-order chi connectivity index (χ1) is 7.28. The summed E-state index contributed by atoms with van der Waals surface area (Å²) in [7, 11) is -15.0. The van der Waals surface area contributed by atoms with Gasteiger partial charge in [0.15, 0.2) is 0 Å². The molecule has 0 aromatic rings. The predicted octanol–water partition coefficient (Wildman–Crippen LogP) is 5.15. The average molecular weight is 330 g/mol. The Labute approximate surface area is 102 Å². The van der Waals surface area contributed by atoms with Gasteiger partial charge in [-0.1, -0.05) is 0 Å². The standard InChI is InChI=1S/C6H16F4O3P2Si2/c1-5-16(11)6-14(13-17(2,3)4)12-15(7,8,9)10/h5-6H2,1-4H3. The van der Waals surface area contributed by atoms with E-state index in [9.17, 15) is 21.2 Å². The Morgan fingerprint density at radius 2 is 1.71 bits per heavy atom. The van der Waals surface area contributed by atoms with Gasteiger partial charge in [-0.25, -0.2) is 0 Å². The van der Waals surface area contributed by atoms with Crippen LogP contribution >= 0.6 is 16.4 Å². The molecule has 0 aromatic heterocycles. The third-order valence-electron chi connectivity index (χ3n) is 1.29. The van der Waals surface area contributed by atoms with Crippen LogP contribution in [0.3, 0.4) is 0 Å². The molecule has 0 saturated heterocycles. The summed E-state index contributed by atoms with van der Waals surface area (Å²) in [6.45, 7) is 6.59. The van der Waals surface area contributed by atoms with E-state index in [4.69, 9.17) is 4.21 Å². The summed E-state index contributed by atoms with van der Waals surface area (Å²) in [4.78, 5) is 0. The molecular formula is C6H16F4O3P2Si2. The Balaban J connectivity index is 4.70. The van der Waals surface area contributed by atoms with Crippen molar-refractivity contribution >= 4 is 33.4 Å². The number of hydrogen-bond acceptors (Lipinski definition) is 3. The molecule has 0 saturated carbocycles. The maximum absolute atomic E-state index is 12.2. The van der Waals surface area contributed by atoms with Crippen molar-refractivity contribution in [1.82, 2.24) is 0 Å². The van der Waals surface area contributed by atoms with Gasteiger partial charge < -0.3 is 0 Å². The van der Waals surface area contributed by atoms with Crippen LogP contribution in [0.15, 0.2) is 0 Å². The van der Waals surface area contributed by atoms with Crippen molar-refractivity contribution in [3.8, 4) is 0 Å². The molecule has 1 atom stereocenters. The second-order valence-electron chi connectivity index (χ2n) is 4.33. The van der Waals surface area contributed by atoms with Crippen molar-refractivity contribution in [2.24, 2.45) is 0 Å². The van der Waals surface area contributed by atoms with Gasteiger partial charge in [-0.2, -0.15) is 0 Å². The van der Waals surface area contributed by atoms with Gasteiger partial charge in [-0.3, -0.25) is 0 Å². The van der Waals surface area contributed by atoms with Gasteiger partial charge in [-0.05, 0) is 0 Å². The van der Waals surface area contributed by atoms with E-state index in [0.29, 0.717) is 0 Å². The van der Waals surface area contributed by atoms with Gasteiger partial charge in [0.2, 0.25) is 0 Å².